The van der Waals surface area contributed by atoms with Gasteiger partial charge in [0.2, 0.25) is 11.8 Å². The molecule has 2 atom stereocenters. The summed E-state index contributed by atoms with van der Waals surface area (Å²) in [5, 5.41) is 0. The highest BCUT2D eigenvalue weighted by atomic mass is 16.5. The molecule has 164 valence electrons. The summed E-state index contributed by atoms with van der Waals surface area (Å²) < 4.78 is 5.10. The fourth-order valence-corrected chi connectivity index (χ4v) is 5.43. The van der Waals surface area contributed by atoms with Gasteiger partial charge in [0.1, 0.15) is 6.54 Å². The van der Waals surface area contributed by atoms with Crippen LogP contribution in [0.15, 0.2) is 48.5 Å². The molecule has 4 aliphatic rings. The Morgan fingerprint density at radius 1 is 0.812 bits per heavy atom. The number of carbonyl (C=O) groups excluding carboxylic acids is 4. The Hall–Kier alpha value is -3.28. The second kappa shape index (κ2) is 7.12. The molecule has 1 aliphatic heterocycles. The number of benzene rings is 2. The van der Waals surface area contributed by atoms with Crippen LogP contribution in [0.5, 0.6) is 0 Å². The van der Waals surface area contributed by atoms with E-state index >= 15 is 0 Å². The Kier molecular flexibility index (Phi) is 4.59. The first-order valence-electron chi connectivity index (χ1n) is 10.9. The Bertz CT molecular complexity index is 1050. The number of amides is 2. The van der Waals surface area contributed by atoms with E-state index in [9.17, 15) is 19.2 Å². The summed E-state index contributed by atoms with van der Waals surface area (Å²) in [6, 6.07) is 16.0. The molecule has 1 saturated heterocycles. The lowest BCUT2D eigenvalue weighted by Gasteiger charge is -2.45. The van der Waals surface area contributed by atoms with Crippen molar-refractivity contribution in [2.75, 3.05) is 13.2 Å². The molecule has 6 heteroatoms. The normalized spacial score (nSPS) is 25.3. The Balaban J connectivity index is 1.44. The predicted molar refractivity (Wildman–Crippen MR) is 116 cm³/mol. The van der Waals surface area contributed by atoms with Crippen molar-refractivity contribution in [3.63, 3.8) is 0 Å². The van der Waals surface area contributed by atoms with Gasteiger partial charge in [-0.15, -0.1) is 0 Å². The van der Waals surface area contributed by atoms with Gasteiger partial charge in [-0.1, -0.05) is 69.3 Å². The van der Waals surface area contributed by atoms with Crippen LogP contribution in [0, 0.1) is 17.3 Å². The van der Waals surface area contributed by atoms with E-state index in [1.807, 2.05) is 48.5 Å². The highest BCUT2D eigenvalue weighted by molar-refractivity contribution is 6.09. The number of hydrogen-bond acceptors (Lipinski definition) is 5. The third kappa shape index (κ3) is 2.93. The Morgan fingerprint density at radius 3 is 1.59 bits per heavy atom. The number of Topliss-reactive ketones (excluding diaryl/α,β-unsaturated/α-hetero) is 1. The molecule has 2 amide bonds. The van der Waals surface area contributed by atoms with Crippen molar-refractivity contribution in [1.29, 1.82) is 0 Å². The molecule has 3 aliphatic carbocycles. The first-order valence-corrected chi connectivity index (χ1v) is 10.9. The van der Waals surface area contributed by atoms with Crippen molar-refractivity contribution in [1.82, 2.24) is 4.90 Å². The molecule has 0 radical (unpaired) electrons. The van der Waals surface area contributed by atoms with Crippen LogP contribution in [0.1, 0.15) is 54.9 Å². The fourth-order valence-electron chi connectivity index (χ4n) is 5.43. The Morgan fingerprint density at radius 2 is 1.22 bits per heavy atom. The molecular weight excluding hydrogens is 406 g/mol. The van der Waals surface area contributed by atoms with Crippen molar-refractivity contribution >= 4 is 23.6 Å². The van der Waals surface area contributed by atoms with Gasteiger partial charge >= 0.3 is 5.97 Å². The van der Waals surface area contributed by atoms with Gasteiger partial charge in [-0.05, 0) is 22.3 Å². The van der Waals surface area contributed by atoms with Gasteiger partial charge in [-0.2, -0.15) is 0 Å². The number of ketones is 1. The molecule has 6 rings (SSSR count). The van der Waals surface area contributed by atoms with Crippen LogP contribution in [0.25, 0.3) is 0 Å². The highest BCUT2D eigenvalue weighted by Crippen LogP contribution is 2.60. The largest absolute Gasteiger partial charge is 0.456 e. The molecule has 0 unspecified atom stereocenters. The summed E-state index contributed by atoms with van der Waals surface area (Å²) in [7, 11) is 0. The number of imide groups is 1. The van der Waals surface area contributed by atoms with Gasteiger partial charge in [0.25, 0.3) is 0 Å². The molecule has 0 N–H and O–H groups in total. The zero-order chi connectivity index (χ0) is 22.8. The summed E-state index contributed by atoms with van der Waals surface area (Å²) in [6.45, 7) is 4.40. The summed E-state index contributed by atoms with van der Waals surface area (Å²) in [4.78, 5) is 52.4. The molecule has 0 aromatic heterocycles. The smallest absolute Gasteiger partial charge is 0.326 e. The monoisotopic (exact) mass is 431 g/mol. The number of likely N-dealkylation sites (tertiary alicyclic amines) is 1. The SMILES string of the molecule is CC(C)(C)C(=O)COC(=O)CN1C(=O)[C@@H]2C3c4ccccc4C(c4ccccc43)[C@H]2C1=O. The van der Waals surface area contributed by atoms with Crippen LogP contribution in [-0.2, 0) is 23.9 Å². The third-order valence-electron chi connectivity index (χ3n) is 7.03. The summed E-state index contributed by atoms with van der Waals surface area (Å²) in [5.74, 6) is -3.11. The second-order valence-corrected chi connectivity index (χ2v) is 9.86. The maximum absolute atomic E-state index is 13.4. The molecule has 1 fully saturated rings. The minimum Gasteiger partial charge on any atom is -0.456 e. The first kappa shape index (κ1) is 20.6. The van der Waals surface area contributed by atoms with Gasteiger partial charge in [0, 0.05) is 17.3 Å². The molecule has 1 heterocycles. The molecule has 0 spiro atoms. The average molecular weight is 431 g/mol. The number of hydrogen-bond donors (Lipinski definition) is 0. The van der Waals surface area contributed by atoms with Crippen LogP contribution in [0.4, 0.5) is 0 Å². The van der Waals surface area contributed by atoms with E-state index < -0.39 is 29.8 Å². The number of carbonyl (C=O) groups is 4. The minimum absolute atomic E-state index is 0.211. The van der Waals surface area contributed by atoms with E-state index in [1.54, 1.807) is 20.8 Å². The number of nitrogens with zero attached hydrogens (tertiary/aromatic N) is 1. The molecule has 2 bridgehead atoms. The number of esters is 1. The van der Waals surface area contributed by atoms with Crippen molar-refractivity contribution < 1.29 is 23.9 Å². The molecular formula is C26H25NO5. The van der Waals surface area contributed by atoms with Crippen LogP contribution >= 0.6 is 0 Å². The molecule has 2 aromatic rings. The minimum atomic E-state index is -0.745. The van der Waals surface area contributed by atoms with Crippen LogP contribution in [-0.4, -0.2) is 41.6 Å². The lowest BCUT2D eigenvalue weighted by molar-refractivity contribution is -0.155. The lowest BCUT2D eigenvalue weighted by atomic mass is 9.55. The maximum Gasteiger partial charge on any atom is 0.326 e. The van der Waals surface area contributed by atoms with Gasteiger partial charge in [0.15, 0.2) is 12.4 Å². The summed E-state index contributed by atoms with van der Waals surface area (Å²) >= 11 is 0. The van der Waals surface area contributed by atoms with Crippen LogP contribution < -0.4 is 0 Å². The molecule has 0 saturated carbocycles. The van der Waals surface area contributed by atoms with E-state index in [4.69, 9.17) is 4.74 Å². The van der Waals surface area contributed by atoms with E-state index in [-0.39, 0.29) is 36.0 Å². The summed E-state index contributed by atoms with van der Waals surface area (Å²) in [5.41, 5.74) is 3.70. The fraction of sp³-hybridized carbons (Fsp3) is 0.385. The molecule has 32 heavy (non-hydrogen) atoms. The van der Waals surface area contributed by atoms with Crippen molar-refractivity contribution in [2.24, 2.45) is 17.3 Å². The standard InChI is InChI=1S/C26H25NO5/c1-26(2,3)18(28)13-32-19(29)12-27-24(30)22-20-14-8-4-5-9-15(14)21(23(22)25(27)31)17-11-7-6-10-16(17)20/h4-11,20-23H,12-13H2,1-3H3/t20?,21?,22-,23-/m1/s1. The van der Waals surface area contributed by atoms with Gasteiger partial charge < -0.3 is 4.74 Å². The second-order valence-electron chi connectivity index (χ2n) is 9.86. The van der Waals surface area contributed by atoms with Crippen LogP contribution in [0.2, 0.25) is 0 Å². The number of rotatable bonds is 4. The topological polar surface area (TPSA) is 80.8 Å². The third-order valence-corrected chi connectivity index (χ3v) is 7.03. The first-order chi connectivity index (χ1) is 15.2. The quantitative estimate of drug-likeness (QED) is 0.549. The summed E-state index contributed by atoms with van der Waals surface area (Å²) in [6.07, 6.45) is 0. The van der Waals surface area contributed by atoms with Gasteiger partial charge in [-0.25, -0.2) is 0 Å². The van der Waals surface area contributed by atoms with E-state index in [2.05, 4.69) is 0 Å². The van der Waals surface area contributed by atoms with E-state index in [0.29, 0.717) is 0 Å². The zero-order valence-corrected chi connectivity index (χ0v) is 18.3. The van der Waals surface area contributed by atoms with Gasteiger partial charge in [0.05, 0.1) is 11.8 Å². The highest BCUT2D eigenvalue weighted by Gasteiger charge is 2.61. The van der Waals surface area contributed by atoms with Crippen molar-refractivity contribution in [3.05, 3.63) is 70.8 Å². The average Bonchev–Trinajstić information content (AvgIpc) is 3.02. The lowest BCUT2D eigenvalue weighted by Crippen LogP contribution is -2.41. The zero-order valence-electron chi connectivity index (χ0n) is 18.3. The van der Waals surface area contributed by atoms with E-state index in [1.165, 1.54) is 0 Å². The van der Waals surface area contributed by atoms with Crippen molar-refractivity contribution in [2.45, 2.75) is 32.6 Å². The van der Waals surface area contributed by atoms with Crippen molar-refractivity contribution in [3.8, 4) is 0 Å². The van der Waals surface area contributed by atoms with E-state index in [0.717, 1.165) is 27.2 Å². The maximum atomic E-state index is 13.4. The molecule has 2 aromatic carbocycles. The number of ether oxygens (including phenoxy) is 1. The predicted octanol–water partition coefficient (Wildman–Crippen LogP) is 3.04. The van der Waals surface area contributed by atoms with Gasteiger partial charge in [-0.3, -0.25) is 24.1 Å². The molecule has 6 nitrogen and oxygen atoms in total. The van der Waals surface area contributed by atoms with Crippen LogP contribution in [0.3, 0.4) is 0 Å². The Labute approximate surface area is 186 Å².